The van der Waals surface area contributed by atoms with Crippen LogP contribution < -0.4 is 10.1 Å². The number of carbonyl (C=O) groups excluding carboxylic acids is 1. The highest BCUT2D eigenvalue weighted by Crippen LogP contribution is 2.25. The summed E-state index contributed by atoms with van der Waals surface area (Å²) in [6.07, 6.45) is -3.51. The Bertz CT molecular complexity index is 994. The molecule has 2 rings (SSSR count). The van der Waals surface area contributed by atoms with Gasteiger partial charge in [-0.15, -0.1) is 0 Å². The number of anilines is 1. The summed E-state index contributed by atoms with van der Waals surface area (Å²) in [5.41, 5.74) is 0.158. The molecule has 0 aliphatic heterocycles. The Labute approximate surface area is 153 Å². The molecular formula is C17H13F3N2O4S. The Morgan fingerprint density at radius 2 is 1.81 bits per heavy atom. The van der Waals surface area contributed by atoms with Gasteiger partial charge in [-0.3, -0.25) is 4.79 Å². The van der Waals surface area contributed by atoms with Crippen LogP contribution in [0.15, 0.2) is 47.4 Å². The number of halogens is 3. The van der Waals surface area contributed by atoms with Gasteiger partial charge < -0.3 is 10.1 Å². The number of sulfone groups is 1. The van der Waals surface area contributed by atoms with E-state index in [-0.39, 0.29) is 27.5 Å². The quantitative estimate of drug-likeness (QED) is 0.835. The lowest BCUT2D eigenvalue weighted by atomic mass is 10.1. The molecule has 0 saturated carbocycles. The van der Waals surface area contributed by atoms with Crippen LogP contribution in [0.25, 0.3) is 0 Å². The topological polar surface area (TPSA) is 96.3 Å². The van der Waals surface area contributed by atoms with Crippen LogP contribution >= 0.6 is 0 Å². The van der Waals surface area contributed by atoms with Crippen molar-refractivity contribution in [1.82, 2.24) is 0 Å². The maximum absolute atomic E-state index is 12.2. The highest BCUT2D eigenvalue weighted by Gasteiger charge is 2.28. The van der Waals surface area contributed by atoms with E-state index in [1.165, 1.54) is 36.4 Å². The summed E-state index contributed by atoms with van der Waals surface area (Å²) in [7, 11) is -3.40. The first-order chi connectivity index (χ1) is 12.5. The second kappa shape index (κ2) is 7.67. The molecule has 0 aliphatic carbocycles. The van der Waals surface area contributed by atoms with Crippen molar-refractivity contribution in [1.29, 1.82) is 5.26 Å². The third-order valence-electron chi connectivity index (χ3n) is 3.29. The molecule has 0 aromatic heterocycles. The van der Waals surface area contributed by atoms with Gasteiger partial charge in [0.1, 0.15) is 11.8 Å². The molecule has 0 heterocycles. The van der Waals surface area contributed by atoms with E-state index in [1.807, 2.05) is 0 Å². The standard InChI is InChI=1S/C17H13F3N2O4S/c1-27(24,25)14-5-2-11(3-6-14)16(23)22-13-4-7-15(12(8-13)9-21)26-10-17(18,19)20/h2-8H,10H2,1H3,(H,22,23). The van der Waals surface area contributed by atoms with E-state index in [9.17, 15) is 26.4 Å². The molecule has 0 radical (unpaired) electrons. The van der Waals surface area contributed by atoms with E-state index in [2.05, 4.69) is 10.1 Å². The average Bonchev–Trinajstić information content (AvgIpc) is 2.59. The highest BCUT2D eigenvalue weighted by molar-refractivity contribution is 7.90. The molecule has 1 N–H and O–H groups in total. The molecule has 142 valence electrons. The van der Waals surface area contributed by atoms with Crippen LogP contribution in [-0.4, -0.2) is 33.4 Å². The van der Waals surface area contributed by atoms with Gasteiger partial charge in [0.15, 0.2) is 16.4 Å². The van der Waals surface area contributed by atoms with E-state index in [1.54, 1.807) is 6.07 Å². The zero-order valence-corrected chi connectivity index (χ0v) is 14.7. The van der Waals surface area contributed by atoms with Crippen molar-refractivity contribution >= 4 is 21.4 Å². The molecule has 0 unspecified atom stereocenters. The summed E-state index contributed by atoms with van der Waals surface area (Å²) in [6.45, 7) is -1.54. The number of ether oxygens (including phenoxy) is 1. The average molecular weight is 398 g/mol. The molecule has 2 aromatic carbocycles. The van der Waals surface area contributed by atoms with Crippen molar-refractivity contribution in [2.75, 3.05) is 18.2 Å². The molecule has 0 bridgehead atoms. The van der Waals surface area contributed by atoms with Crippen molar-refractivity contribution in [2.24, 2.45) is 0 Å². The summed E-state index contributed by atoms with van der Waals surface area (Å²) in [4.78, 5) is 12.2. The van der Waals surface area contributed by atoms with Crippen molar-refractivity contribution in [3.63, 3.8) is 0 Å². The number of alkyl halides is 3. The van der Waals surface area contributed by atoms with Crippen molar-refractivity contribution < 1.29 is 31.1 Å². The highest BCUT2D eigenvalue weighted by atomic mass is 32.2. The first-order valence-corrected chi connectivity index (χ1v) is 9.24. The fraction of sp³-hybridized carbons (Fsp3) is 0.176. The minimum atomic E-state index is -4.54. The largest absolute Gasteiger partial charge is 0.483 e. The number of hydrogen-bond acceptors (Lipinski definition) is 5. The Hall–Kier alpha value is -3.06. The molecule has 0 fully saturated rings. The first kappa shape index (κ1) is 20.3. The van der Waals surface area contributed by atoms with Crippen LogP contribution in [0.5, 0.6) is 5.75 Å². The van der Waals surface area contributed by atoms with Gasteiger partial charge >= 0.3 is 6.18 Å². The fourth-order valence-electron chi connectivity index (χ4n) is 2.04. The fourth-order valence-corrected chi connectivity index (χ4v) is 2.67. The number of nitriles is 1. The number of rotatable bonds is 5. The lowest BCUT2D eigenvalue weighted by Crippen LogP contribution is -2.19. The van der Waals surface area contributed by atoms with Gasteiger partial charge in [0.05, 0.1) is 10.5 Å². The maximum atomic E-state index is 12.2. The molecule has 0 aliphatic rings. The minimum Gasteiger partial charge on any atom is -0.483 e. The number of nitrogens with one attached hydrogen (secondary N) is 1. The minimum absolute atomic E-state index is 0.0528. The molecule has 0 atom stereocenters. The van der Waals surface area contributed by atoms with Crippen molar-refractivity contribution in [3.8, 4) is 11.8 Å². The third-order valence-corrected chi connectivity index (χ3v) is 4.42. The van der Waals surface area contributed by atoms with Gasteiger partial charge in [0, 0.05) is 17.5 Å². The van der Waals surface area contributed by atoms with Gasteiger partial charge in [-0.05, 0) is 42.5 Å². The van der Waals surface area contributed by atoms with E-state index >= 15 is 0 Å². The number of benzene rings is 2. The predicted octanol–water partition coefficient (Wildman–Crippen LogP) is 3.16. The summed E-state index contributed by atoms with van der Waals surface area (Å²) >= 11 is 0. The van der Waals surface area contributed by atoms with Gasteiger partial charge in [-0.25, -0.2) is 8.42 Å². The number of nitrogens with zero attached hydrogens (tertiary/aromatic N) is 1. The zero-order valence-electron chi connectivity index (χ0n) is 13.9. The third kappa shape index (κ3) is 5.72. The molecule has 27 heavy (non-hydrogen) atoms. The van der Waals surface area contributed by atoms with Crippen LogP contribution in [0.3, 0.4) is 0 Å². The second-order valence-corrected chi connectivity index (χ2v) is 7.49. The van der Waals surface area contributed by atoms with E-state index in [4.69, 9.17) is 5.26 Å². The molecular weight excluding hydrogens is 385 g/mol. The zero-order chi connectivity index (χ0) is 20.2. The van der Waals surface area contributed by atoms with Crippen LogP contribution in [0.4, 0.5) is 18.9 Å². The monoisotopic (exact) mass is 398 g/mol. The Kier molecular flexibility index (Phi) is 5.75. The van der Waals surface area contributed by atoms with Gasteiger partial charge in [-0.2, -0.15) is 18.4 Å². The van der Waals surface area contributed by atoms with Gasteiger partial charge in [0.25, 0.3) is 5.91 Å². The van der Waals surface area contributed by atoms with E-state index in [0.717, 1.165) is 12.3 Å². The Balaban J connectivity index is 2.15. The predicted molar refractivity (Wildman–Crippen MR) is 90.2 cm³/mol. The van der Waals surface area contributed by atoms with Crippen LogP contribution in [0.2, 0.25) is 0 Å². The van der Waals surface area contributed by atoms with Crippen LogP contribution in [0.1, 0.15) is 15.9 Å². The normalized spacial score (nSPS) is 11.5. The summed E-state index contributed by atoms with van der Waals surface area (Å²) in [5.74, 6) is -0.840. The second-order valence-electron chi connectivity index (χ2n) is 5.48. The lowest BCUT2D eigenvalue weighted by molar-refractivity contribution is -0.153. The van der Waals surface area contributed by atoms with E-state index < -0.39 is 28.5 Å². The molecule has 2 aromatic rings. The molecule has 1 amide bonds. The Morgan fingerprint density at radius 1 is 1.19 bits per heavy atom. The number of carbonyl (C=O) groups is 1. The van der Waals surface area contributed by atoms with Crippen LogP contribution in [0, 0.1) is 11.3 Å². The summed E-state index contributed by atoms with van der Waals surface area (Å²) in [5, 5.41) is 11.5. The lowest BCUT2D eigenvalue weighted by Gasteiger charge is -2.12. The van der Waals surface area contributed by atoms with E-state index in [0.29, 0.717) is 0 Å². The molecule has 0 saturated heterocycles. The smallest absolute Gasteiger partial charge is 0.422 e. The Morgan fingerprint density at radius 3 is 2.33 bits per heavy atom. The molecule has 10 heteroatoms. The number of amides is 1. The SMILES string of the molecule is CS(=O)(=O)c1ccc(C(=O)Nc2ccc(OCC(F)(F)F)c(C#N)c2)cc1. The maximum Gasteiger partial charge on any atom is 0.422 e. The number of hydrogen-bond donors (Lipinski definition) is 1. The van der Waals surface area contributed by atoms with Gasteiger partial charge in [-0.1, -0.05) is 0 Å². The first-order valence-electron chi connectivity index (χ1n) is 7.35. The van der Waals surface area contributed by atoms with Gasteiger partial charge in [0.2, 0.25) is 0 Å². The van der Waals surface area contributed by atoms with Crippen LogP contribution in [-0.2, 0) is 9.84 Å². The summed E-state index contributed by atoms with van der Waals surface area (Å²) < 4.78 is 64.0. The van der Waals surface area contributed by atoms with Crippen molar-refractivity contribution in [2.45, 2.75) is 11.1 Å². The molecule has 6 nitrogen and oxygen atoms in total. The summed E-state index contributed by atoms with van der Waals surface area (Å²) in [6, 6.07) is 10.5. The van der Waals surface area contributed by atoms with Crippen molar-refractivity contribution in [3.05, 3.63) is 53.6 Å². The molecule has 0 spiro atoms.